The van der Waals surface area contributed by atoms with Gasteiger partial charge in [0.2, 0.25) is 0 Å². The van der Waals surface area contributed by atoms with Crippen LogP contribution in [0.2, 0.25) is 0 Å². The predicted molar refractivity (Wildman–Crippen MR) is 165 cm³/mol. The van der Waals surface area contributed by atoms with Crippen LogP contribution >= 0.6 is 0 Å². The number of hydrogen-bond acceptors (Lipinski definition) is 5. The van der Waals surface area contributed by atoms with E-state index in [1.165, 1.54) is 12.1 Å². The van der Waals surface area contributed by atoms with Crippen LogP contribution in [-0.2, 0) is 0 Å². The van der Waals surface area contributed by atoms with Crippen LogP contribution in [0.3, 0.4) is 0 Å². The fourth-order valence-electron chi connectivity index (χ4n) is 4.96. The molecule has 0 aliphatic heterocycles. The highest BCUT2D eigenvalue weighted by Crippen LogP contribution is 2.33. The number of allylic oxidation sites excluding steroid dienone is 3. The lowest BCUT2D eigenvalue weighted by Crippen LogP contribution is -2.10. The third kappa shape index (κ3) is 6.17. The topological polar surface area (TPSA) is 95.2 Å². The maximum Gasteiger partial charge on any atom is 0.181 e. The Morgan fingerprint density at radius 2 is 1.83 bits per heavy atom. The van der Waals surface area contributed by atoms with Crippen molar-refractivity contribution in [2.45, 2.75) is 41.0 Å². The summed E-state index contributed by atoms with van der Waals surface area (Å²) in [6, 6.07) is 9.01. The maximum atomic E-state index is 14.3. The van der Waals surface area contributed by atoms with Crippen LogP contribution < -0.4 is 5.32 Å². The summed E-state index contributed by atoms with van der Waals surface area (Å²) in [5.41, 5.74) is 8.88. The Bertz CT molecular complexity index is 1780. The van der Waals surface area contributed by atoms with E-state index in [-0.39, 0.29) is 11.2 Å². The summed E-state index contributed by atoms with van der Waals surface area (Å²) in [7, 11) is 0. The van der Waals surface area contributed by atoms with Crippen molar-refractivity contribution in [1.29, 1.82) is 0 Å². The SMILES string of the molecule is C=C/C=C(/c1cc(C)cc(F)c1)c1nc(-c2[nH]nc3ncc(-c4cncc(NC(=C)CC(C)(C)C)c4)cc23)[nH]c1C. The Morgan fingerprint density at radius 3 is 2.56 bits per heavy atom. The smallest absolute Gasteiger partial charge is 0.181 e. The van der Waals surface area contributed by atoms with E-state index in [1.807, 2.05) is 44.3 Å². The molecule has 208 valence electrons. The van der Waals surface area contributed by atoms with Gasteiger partial charge >= 0.3 is 0 Å². The molecule has 0 fully saturated rings. The molecule has 8 heteroatoms. The Balaban J connectivity index is 1.50. The van der Waals surface area contributed by atoms with Gasteiger partial charge in [-0.25, -0.2) is 14.4 Å². The standard InChI is InChI=1S/C33H34FN7/c1-8-9-27(22-10-19(2)11-25(34)12-22)29-21(4)38-32(39-29)30-28-14-24(17-36-31(28)41-40-30)23-13-26(18-35-16-23)37-20(3)15-33(5,6)7/h8-14,16-18,37H,1,3,15H2,2,4-7H3,(H,38,39)(H,36,40,41)/b27-9-. The first kappa shape index (κ1) is 27.7. The average Bonchev–Trinajstić information content (AvgIpc) is 3.48. The molecule has 0 saturated heterocycles. The van der Waals surface area contributed by atoms with Crippen molar-refractivity contribution < 1.29 is 4.39 Å². The first-order valence-corrected chi connectivity index (χ1v) is 13.4. The molecule has 0 aliphatic rings. The molecule has 0 unspecified atom stereocenters. The van der Waals surface area contributed by atoms with Crippen LogP contribution in [0, 0.1) is 25.1 Å². The van der Waals surface area contributed by atoms with Gasteiger partial charge in [0.25, 0.3) is 0 Å². The molecule has 1 aromatic carbocycles. The highest BCUT2D eigenvalue weighted by Gasteiger charge is 2.19. The molecule has 0 bridgehead atoms. The number of aromatic amines is 2. The van der Waals surface area contributed by atoms with Crippen LogP contribution in [-0.4, -0.2) is 30.1 Å². The summed E-state index contributed by atoms with van der Waals surface area (Å²) in [6.07, 6.45) is 9.75. The van der Waals surface area contributed by atoms with E-state index in [0.717, 1.165) is 56.7 Å². The lowest BCUT2D eigenvalue weighted by atomic mass is 9.91. The molecule has 7 nitrogen and oxygen atoms in total. The van der Waals surface area contributed by atoms with Crippen molar-refractivity contribution in [2.75, 3.05) is 5.32 Å². The number of fused-ring (bicyclic) bond motifs is 1. The monoisotopic (exact) mass is 547 g/mol. The number of rotatable bonds is 8. The minimum Gasteiger partial charge on any atom is -0.358 e. The number of nitrogens with one attached hydrogen (secondary N) is 3. The van der Waals surface area contributed by atoms with Crippen molar-refractivity contribution >= 4 is 22.3 Å². The molecule has 0 radical (unpaired) electrons. The van der Waals surface area contributed by atoms with Crippen molar-refractivity contribution in [1.82, 2.24) is 30.1 Å². The second kappa shape index (κ2) is 11.0. The van der Waals surface area contributed by atoms with E-state index in [2.05, 4.69) is 64.4 Å². The van der Waals surface area contributed by atoms with Gasteiger partial charge in [-0.05, 0) is 61.1 Å². The van der Waals surface area contributed by atoms with Gasteiger partial charge in [-0.3, -0.25) is 10.1 Å². The molecule has 41 heavy (non-hydrogen) atoms. The van der Waals surface area contributed by atoms with Gasteiger partial charge in [-0.15, -0.1) is 0 Å². The van der Waals surface area contributed by atoms with Crippen molar-refractivity contribution in [2.24, 2.45) is 5.41 Å². The van der Waals surface area contributed by atoms with Gasteiger partial charge in [0, 0.05) is 40.5 Å². The molecule has 0 atom stereocenters. The minimum atomic E-state index is -0.297. The fraction of sp³-hybridized carbons (Fsp3) is 0.212. The summed E-state index contributed by atoms with van der Waals surface area (Å²) < 4.78 is 14.3. The van der Waals surface area contributed by atoms with Gasteiger partial charge in [0.05, 0.1) is 23.0 Å². The normalized spacial score (nSPS) is 12.1. The first-order valence-electron chi connectivity index (χ1n) is 13.4. The molecule has 0 spiro atoms. The summed E-state index contributed by atoms with van der Waals surface area (Å²) in [5.74, 6) is 0.308. The quantitative estimate of drug-likeness (QED) is 0.170. The zero-order chi connectivity index (χ0) is 29.3. The number of aryl methyl sites for hydroxylation is 2. The van der Waals surface area contributed by atoms with Gasteiger partial charge in [-0.1, -0.05) is 52.1 Å². The van der Waals surface area contributed by atoms with E-state index in [1.54, 1.807) is 18.5 Å². The molecule has 3 N–H and O–H groups in total. The molecule has 0 aliphatic carbocycles. The first-order chi connectivity index (χ1) is 19.5. The molecular weight excluding hydrogens is 513 g/mol. The number of anilines is 1. The number of H-pyrrole nitrogens is 2. The Morgan fingerprint density at radius 1 is 1.05 bits per heavy atom. The number of nitrogens with zero attached hydrogens (tertiary/aromatic N) is 4. The fourth-order valence-corrected chi connectivity index (χ4v) is 4.96. The Labute approximate surface area is 239 Å². The van der Waals surface area contributed by atoms with E-state index in [0.29, 0.717) is 22.9 Å². The zero-order valence-corrected chi connectivity index (χ0v) is 24.1. The van der Waals surface area contributed by atoms with Crippen LogP contribution in [0.5, 0.6) is 0 Å². The third-order valence-corrected chi connectivity index (χ3v) is 6.56. The summed E-state index contributed by atoms with van der Waals surface area (Å²) >= 11 is 0. The van der Waals surface area contributed by atoms with Gasteiger partial charge in [-0.2, -0.15) is 5.10 Å². The average molecular weight is 548 g/mol. The third-order valence-electron chi connectivity index (χ3n) is 6.56. The number of imidazole rings is 1. The van der Waals surface area contributed by atoms with E-state index >= 15 is 0 Å². The second-order valence-corrected chi connectivity index (χ2v) is 11.5. The second-order valence-electron chi connectivity index (χ2n) is 11.5. The lowest BCUT2D eigenvalue weighted by molar-refractivity contribution is 0.411. The Hall–Kier alpha value is -4.85. The summed E-state index contributed by atoms with van der Waals surface area (Å²) in [4.78, 5) is 17.3. The maximum absolute atomic E-state index is 14.3. The molecular formula is C33H34FN7. The van der Waals surface area contributed by atoms with Crippen molar-refractivity contribution in [3.63, 3.8) is 0 Å². The van der Waals surface area contributed by atoms with Gasteiger partial charge in [0.1, 0.15) is 11.5 Å². The molecule has 0 saturated carbocycles. The van der Waals surface area contributed by atoms with E-state index < -0.39 is 0 Å². The van der Waals surface area contributed by atoms with Crippen LogP contribution in [0.15, 0.2) is 79.9 Å². The number of pyridine rings is 2. The van der Waals surface area contributed by atoms with Gasteiger partial charge < -0.3 is 10.3 Å². The molecule has 0 amide bonds. The van der Waals surface area contributed by atoms with Crippen LogP contribution in [0.25, 0.3) is 39.3 Å². The highest BCUT2D eigenvalue weighted by molar-refractivity contribution is 5.92. The largest absolute Gasteiger partial charge is 0.358 e. The predicted octanol–water partition coefficient (Wildman–Crippen LogP) is 8.15. The number of benzene rings is 1. The number of halogens is 1. The van der Waals surface area contributed by atoms with E-state index in [9.17, 15) is 4.39 Å². The number of hydrogen-bond donors (Lipinski definition) is 3. The van der Waals surface area contributed by atoms with Gasteiger partial charge in [0.15, 0.2) is 11.5 Å². The minimum absolute atomic E-state index is 0.129. The summed E-state index contributed by atoms with van der Waals surface area (Å²) in [5, 5.41) is 11.7. The molecule has 5 aromatic rings. The van der Waals surface area contributed by atoms with Crippen LogP contribution in [0.1, 0.15) is 49.7 Å². The highest BCUT2D eigenvalue weighted by atomic mass is 19.1. The summed E-state index contributed by atoms with van der Waals surface area (Å²) in [6.45, 7) is 18.4. The number of aromatic nitrogens is 6. The van der Waals surface area contributed by atoms with Crippen molar-refractivity contribution in [3.8, 4) is 22.6 Å². The molecule has 4 aromatic heterocycles. The lowest BCUT2D eigenvalue weighted by Gasteiger charge is -2.20. The Kier molecular flexibility index (Phi) is 7.41. The zero-order valence-electron chi connectivity index (χ0n) is 24.1. The van der Waals surface area contributed by atoms with E-state index in [4.69, 9.17) is 4.98 Å². The van der Waals surface area contributed by atoms with Crippen molar-refractivity contribution in [3.05, 3.63) is 108 Å². The van der Waals surface area contributed by atoms with Crippen LogP contribution in [0.4, 0.5) is 10.1 Å². The molecule has 4 heterocycles. The molecule has 5 rings (SSSR count).